The van der Waals surface area contributed by atoms with Crippen LogP contribution in [0.4, 0.5) is 25.1 Å². The summed E-state index contributed by atoms with van der Waals surface area (Å²) in [5, 5.41) is 13.8. The second kappa shape index (κ2) is 8.61. The van der Waals surface area contributed by atoms with Gasteiger partial charge in [-0.15, -0.1) is 0 Å². The molecule has 1 saturated heterocycles. The van der Waals surface area contributed by atoms with Gasteiger partial charge in [-0.2, -0.15) is 0 Å². The fourth-order valence-electron chi connectivity index (χ4n) is 3.47. The van der Waals surface area contributed by atoms with Gasteiger partial charge in [-0.05, 0) is 24.3 Å². The van der Waals surface area contributed by atoms with Crippen molar-refractivity contribution in [3.63, 3.8) is 0 Å². The highest BCUT2D eigenvalue weighted by Crippen LogP contribution is 2.32. The van der Waals surface area contributed by atoms with E-state index in [2.05, 4.69) is 20.3 Å². The summed E-state index contributed by atoms with van der Waals surface area (Å²) in [7, 11) is 0. The number of carbonyl (C=O) groups excluding carboxylic acids is 1. The molecule has 1 fully saturated rings. The summed E-state index contributed by atoms with van der Waals surface area (Å²) in [6.07, 6.45) is 3.31. The van der Waals surface area contributed by atoms with Crippen molar-refractivity contribution < 1.29 is 18.5 Å². The molecule has 1 aromatic carbocycles. The fourth-order valence-corrected chi connectivity index (χ4v) is 3.47. The summed E-state index contributed by atoms with van der Waals surface area (Å²) >= 11 is 0. The first kappa shape index (κ1) is 21.2. The molecule has 1 aliphatic heterocycles. The lowest BCUT2D eigenvalue weighted by atomic mass is 9.86. The van der Waals surface area contributed by atoms with Gasteiger partial charge in [-0.3, -0.25) is 15.4 Å². The van der Waals surface area contributed by atoms with E-state index < -0.39 is 28.3 Å². The Morgan fingerprint density at radius 3 is 2.59 bits per heavy atom. The number of anilines is 1. The summed E-state index contributed by atoms with van der Waals surface area (Å²) in [4.78, 5) is 37.3. The molecule has 0 aliphatic carbocycles. The average Bonchev–Trinajstić information content (AvgIpc) is 2.73. The van der Waals surface area contributed by atoms with Gasteiger partial charge in [0.15, 0.2) is 0 Å². The molecule has 3 aromatic rings. The van der Waals surface area contributed by atoms with Crippen molar-refractivity contribution in [2.45, 2.75) is 12.8 Å². The van der Waals surface area contributed by atoms with Gasteiger partial charge in [0.1, 0.15) is 17.5 Å². The van der Waals surface area contributed by atoms with Gasteiger partial charge < -0.3 is 4.90 Å². The number of pyridine rings is 1. The molecule has 0 radical (unpaired) electrons. The first-order valence-corrected chi connectivity index (χ1v) is 9.77. The number of likely N-dealkylation sites (tertiary alicyclic amines) is 1. The molecule has 0 bridgehead atoms. The Morgan fingerprint density at radius 2 is 1.94 bits per heavy atom. The van der Waals surface area contributed by atoms with Crippen LogP contribution in [0.25, 0.3) is 11.3 Å². The normalized spacial score (nSPS) is 14.5. The SMILES string of the molecule is CC(c1ncccn1)C1CN(C(=O)Nc2nc(-c3ccc(F)cc3F)ccc2[N+](=O)[O-])C1. The third-order valence-electron chi connectivity index (χ3n) is 5.40. The molecule has 4 rings (SSSR count). The summed E-state index contributed by atoms with van der Waals surface area (Å²) in [5.74, 6) is -1.08. The number of nitrogens with zero attached hydrogens (tertiary/aromatic N) is 5. The number of halogens is 2. The zero-order valence-corrected chi connectivity index (χ0v) is 16.9. The van der Waals surface area contributed by atoms with Crippen molar-refractivity contribution in [1.82, 2.24) is 19.9 Å². The molecule has 1 unspecified atom stereocenters. The number of rotatable bonds is 5. The van der Waals surface area contributed by atoms with Crippen molar-refractivity contribution in [2.24, 2.45) is 5.92 Å². The van der Waals surface area contributed by atoms with E-state index in [9.17, 15) is 23.7 Å². The predicted octanol–water partition coefficient (Wildman–Crippen LogP) is 3.99. The lowest BCUT2D eigenvalue weighted by Gasteiger charge is -2.41. The number of nitro groups is 1. The van der Waals surface area contributed by atoms with E-state index in [1.807, 2.05) is 6.92 Å². The Labute approximate surface area is 181 Å². The highest BCUT2D eigenvalue weighted by molar-refractivity contribution is 5.91. The molecule has 0 saturated carbocycles. The van der Waals surface area contributed by atoms with Gasteiger partial charge in [0.2, 0.25) is 5.82 Å². The first-order chi connectivity index (χ1) is 15.3. The first-order valence-electron chi connectivity index (χ1n) is 9.77. The van der Waals surface area contributed by atoms with E-state index in [0.717, 1.165) is 12.1 Å². The Bertz CT molecular complexity index is 1170. The van der Waals surface area contributed by atoms with E-state index in [-0.39, 0.29) is 28.9 Å². The molecule has 1 aliphatic rings. The molecule has 3 heterocycles. The van der Waals surface area contributed by atoms with Crippen molar-refractivity contribution >= 4 is 17.5 Å². The van der Waals surface area contributed by atoms with Crippen LogP contribution in [0.2, 0.25) is 0 Å². The van der Waals surface area contributed by atoms with E-state index in [1.54, 1.807) is 18.5 Å². The Morgan fingerprint density at radius 1 is 1.22 bits per heavy atom. The Hall–Kier alpha value is -4.02. The molecule has 32 heavy (non-hydrogen) atoms. The standard InChI is InChI=1S/C21H18F2N6O3/c1-12(19-24-7-2-8-25-19)13-10-28(11-13)21(30)27-20-18(29(31)32)6-5-17(26-20)15-4-3-14(22)9-16(15)23/h2-9,12-13H,10-11H2,1H3,(H,26,27,30). The van der Waals surface area contributed by atoms with E-state index in [4.69, 9.17) is 0 Å². The third kappa shape index (κ3) is 4.22. The molecule has 2 amide bonds. The van der Waals surface area contributed by atoms with Crippen LogP contribution in [0.15, 0.2) is 48.8 Å². The number of nitrogens with one attached hydrogen (secondary N) is 1. The van der Waals surface area contributed by atoms with Crippen molar-refractivity contribution in [2.75, 3.05) is 18.4 Å². The van der Waals surface area contributed by atoms with E-state index in [0.29, 0.717) is 25.0 Å². The highest BCUT2D eigenvalue weighted by atomic mass is 19.1. The van der Waals surface area contributed by atoms with Gasteiger partial charge in [0, 0.05) is 55.0 Å². The van der Waals surface area contributed by atoms with Gasteiger partial charge in [0.25, 0.3) is 0 Å². The summed E-state index contributed by atoms with van der Waals surface area (Å²) in [5.41, 5.74) is -0.454. The lowest BCUT2D eigenvalue weighted by molar-refractivity contribution is -0.384. The van der Waals surface area contributed by atoms with Crippen LogP contribution in [-0.2, 0) is 0 Å². The Kier molecular flexibility index (Phi) is 5.71. The van der Waals surface area contributed by atoms with Crippen LogP contribution >= 0.6 is 0 Å². The minimum atomic E-state index is -0.869. The predicted molar refractivity (Wildman–Crippen MR) is 111 cm³/mol. The van der Waals surface area contributed by atoms with Gasteiger partial charge in [-0.1, -0.05) is 6.92 Å². The maximum absolute atomic E-state index is 14.1. The maximum atomic E-state index is 14.1. The number of hydrogen-bond donors (Lipinski definition) is 1. The van der Waals surface area contributed by atoms with E-state index in [1.165, 1.54) is 17.0 Å². The molecule has 1 N–H and O–H groups in total. The van der Waals surface area contributed by atoms with Gasteiger partial charge in [-0.25, -0.2) is 28.5 Å². The second-order valence-corrected chi connectivity index (χ2v) is 7.44. The number of amides is 2. The molecular weight excluding hydrogens is 422 g/mol. The fraction of sp³-hybridized carbons (Fsp3) is 0.238. The Balaban J connectivity index is 1.49. The third-order valence-corrected chi connectivity index (χ3v) is 5.40. The highest BCUT2D eigenvalue weighted by Gasteiger charge is 2.36. The number of hydrogen-bond acceptors (Lipinski definition) is 6. The van der Waals surface area contributed by atoms with Crippen molar-refractivity contribution in [1.29, 1.82) is 0 Å². The largest absolute Gasteiger partial charge is 0.324 e. The topological polar surface area (TPSA) is 114 Å². The molecule has 164 valence electrons. The van der Waals surface area contributed by atoms with Crippen LogP contribution in [0.1, 0.15) is 18.7 Å². The molecule has 1 atom stereocenters. The zero-order valence-electron chi connectivity index (χ0n) is 16.9. The summed E-state index contributed by atoms with van der Waals surface area (Å²) in [6.45, 7) is 2.82. The van der Waals surface area contributed by atoms with Crippen molar-refractivity contribution in [3.05, 3.63) is 76.4 Å². The molecule has 2 aromatic heterocycles. The number of urea groups is 1. The van der Waals surface area contributed by atoms with Gasteiger partial charge >= 0.3 is 11.7 Å². The molecular formula is C21H18F2N6O3. The number of aromatic nitrogens is 3. The van der Waals surface area contributed by atoms with Gasteiger partial charge in [0.05, 0.1) is 10.6 Å². The quantitative estimate of drug-likeness (QED) is 0.474. The monoisotopic (exact) mass is 440 g/mol. The smallest absolute Gasteiger partial charge is 0.323 e. The molecule has 0 spiro atoms. The second-order valence-electron chi connectivity index (χ2n) is 7.44. The summed E-state index contributed by atoms with van der Waals surface area (Å²) in [6, 6.07) is 6.45. The molecule has 9 nitrogen and oxygen atoms in total. The van der Waals surface area contributed by atoms with Crippen LogP contribution < -0.4 is 5.32 Å². The number of carbonyl (C=O) groups is 1. The van der Waals surface area contributed by atoms with Crippen LogP contribution in [0, 0.1) is 27.7 Å². The van der Waals surface area contributed by atoms with Crippen LogP contribution in [0.5, 0.6) is 0 Å². The van der Waals surface area contributed by atoms with Crippen molar-refractivity contribution in [3.8, 4) is 11.3 Å². The van der Waals surface area contributed by atoms with Crippen LogP contribution in [-0.4, -0.2) is 43.9 Å². The number of benzene rings is 1. The minimum absolute atomic E-state index is 0.0275. The summed E-state index contributed by atoms with van der Waals surface area (Å²) < 4.78 is 27.3. The lowest BCUT2D eigenvalue weighted by Crippen LogP contribution is -2.53. The minimum Gasteiger partial charge on any atom is -0.324 e. The maximum Gasteiger partial charge on any atom is 0.323 e. The van der Waals surface area contributed by atoms with E-state index >= 15 is 0 Å². The zero-order chi connectivity index (χ0) is 22.8. The van der Waals surface area contributed by atoms with Crippen LogP contribution in [0.3, 0.4) is 0 Å². The average molecular weight is 440 g/mol. The molecule has 11 heteroatoms.